The smallest absolute Gasteiger partial charge is 0.100 e. The van der Waals surface area contributed by atoms with Crippen molar-refractivity contribution in [3.63, 3.8) is 0 Å². The molecule has 0 atom stereocenters. The second-order valence-corrected chi connectivity index (χ2v) is 3.46. The molecule has 0 aromatic heterocycles. The summed E-state index contributed by atoms with van der Waals surface area (Å²) >= 11 is 0. The summed E-state index contributed by atoms with van der Waals surface area (Å²) in [7, 11) is 0. The molecule has 2 fully saturated rings. The minimum Gasteiger partial charge on any atom is -0.377 e. The highest BCUT2D eigenvalue weighted by Crippen LogP contribution is 2.19. The van der Waals surface area contributed by atoms with Crippen LogP contribution in [0.15, 0.2) is 0 Å². The maximum absolute atomic E-state index is 12.2. The van der Waals surface area contributed by atoms with Crippen LogP contribution in [0.5, 0.6) is 0 Å². The third kappa shape index (κ3) is 5.99. The number of hydrogen-bond acceptors (Lipinski definition) is 2. The van der Waals surface area contributed by atoms with Gasteiger partial charge in [0.1, 0.15) is 6.17 Å². The van der Waals surface area contributed by atoms with E-state index in [1.54, 1.807) is 0 Å². The molecule has 1 heterocycles. The predicted molar refractivity (Wildman–Crippen MR) is 49.6 cm³/mol. The van der Waals surface area contributed by atoms with Gasteiger partial charge in [0.05, 0.1) is 26.4 Å². The lowest BCUT2D eigenvalue weighted by molar-refractivity contribution is -0.0334. The van der Waals surface area contributed by atoms with Crippen LogP contribution >= 0.6 is 0 Å². The van der Waals surface area contributed by atoms with Crippen molar-refractivity contribution < 1.29 is 13.9 Å². The van der Waals surface area contributed by atoms with E-state index < -0.39 is 6.17 Å². The average molecular weight is 190 g/mol. The minimum atomic E-state index is -0.464. The molecule has 0 amide bonds. The van der Waals surface area contributed by atoms with Crippen LogP contribution in [-0.4, -0.2) is 32.6 Å². The molecule has 2 nitrogen and oxygen atoms in total. The normalized spacial score (nSPS) is 24.7. The van der Waals surface area contributed by atoms with E-state index in [9.17, 15) is 4.39 Å². The standard InChI is InChI=1S/C6H11F.C4H8O2/c7-6-4-2-1-3-5-6;1-2-6-4-3-5-1/h6H,1-5H2;1-4H2. The van der Waals surface area contributed by atoms with E-state index in [2.05, 4.69) is 0 Å². The Bertz CT molecular complexity index is 98.0. The Morgan fingerprint density at radius 2 is 1.23 bits per heavy atom. The van der Waals surface area contributed by atoms with Crippen molar-refractivity contribution in [3.8, 4) is 0 Å². The Morgan fingerprint density at radius 1 is 0.769 bits per heavy atom. The zero-order chi connectivity index (χ0) is 9.36. The number of alkyl halides is 1. The van der Waals surface area contributed by atoms with Gasteiger partial charge >= 0.3 is 0 Å². The monoisotopic (exact) mass is 190 g/mol. The van der Waals surface area contributed by atoms with E-state index in [0.29, 0.717) is 0 Å². The van der Waals surface area contributed by atoms with Crippen LogP contribution in [0.25, 0.3) is 0 Å². The summed E-state index contributed by atoms with van der Waals surface area (Å²) in [6.07, 6.45) is 4.65. The molecular formula is C10H19FO2. The van der Waals surface area contributed by atoms with Gasteiger partial charge in [0.2, 0.25) is 0 Å². The molecular weight excluding hydrogens is 171 g/mol. The van der Waals surface area contributed by atoms with Gasteiger partial charge in [-0.3, -0.25) is 0 Å². The van der Waals surface area contributed by atoms with E-state index in [-0.39, 0.29) is 0 Å². The lowest BCUT2D eigenvalue weighted by Crippen LogP contribution is -2.16. The second-order valence-electron chi connectivity index (χ2n) is 3.46. The number of ether oxygens (including phenoxy) is 2. The first-order valence-corrected chi connectivity index (χ1v) is 5.19. The Kier molecular flexibility index (Phi) is 6.11. The van der Waals surface area contributed by atoms with Crippen molar-refractivity contribution in [1.82, 2.24) is 0 Å². The molecule has 0 unspecified atom stereocenters. The highest BCUT2D eigenvalue weighted by molar-refractivity contribution is 4.62. The van der Waals surface area contributed by atoms with E-state index in [0.717, 1.165) is 52.1 Å². The summed E-state index contributed by atoms with van der Waals surface area (Å²) in [5.74, 6) is 0. The van der Waals surface area contributed by atoms with E-state index in [1.165, 1.54) is 6.42 Å². The predicted octanol–water partition coefficient (Wildman–Crippen LogP) is 2.32. The Labute approximate surface area is 79.4 Å². The largest absolute Gasteiger partial charge is 0.377 e. The highest BCUT2D eigenvalue weighted by atomic mass is 19.1. The molecule has 78 valence electrons. The number of rotatable bonds is 0. The van der Waals surface area contributed by atoms with Gasteiger partial charge in [-0.2, -0.15) is 0 Å². The third-order valence-electron chi connectivity index (χ3n) is 2.28. The topological polar surface area (TPSA) is 18.5 Å². The van der Waals surface area contributed by atoms with Gasteiger partial charge in [0.15, 0.2) is 0 Å². The van der Waals surface area contributed by atoms with Gasteiger partial charge in [-0.1, -0.05) is 19.3 Å². The van der Waals surface area contributed by atoms with Crippen LogP contribution in [0.4, 0.5) is 4.39 Å². The molecule has 0 radical (unpaired) electrons. The zero-order valence-corrected chi connectivity index (χ0v) is 8.14. The third-order valence-corrected chi connectivity index (χ3v) is 2.28. The molecule has 0 N–H and O–H groups in total. The Balaban J connectivity index is 0.000000132. The summed E-state index contributed by atoms with van der Waals surface area (Å²) in [5.41, 5.74) is 0. The average Bonchev–Trinajstić information content (AvgIpc) is 2.22. The molecule has 1 aliphatic heterocycles. The summed E-state index contributed by atoms with van der Waals surface area (Å²) in [6.45, 7) is 3.11. The molecule has 0 bridgehead atoms. The van der Waals surface area contributed by atoms with Crippen LogP contribution in [-0.2, 0) is 9.47 Å². The van der Waals surface area contributed by atoms with Gasteiger partial charge in [-0.05, 0) is 12.8 Å². The molecule has 1 saturated heterocycles. The van der Waals surface area contributed by atoms with Crippen molar-refractivity contribution in [2.45, 2.75) is 38.3 Å². The Morgan fingerprint density at radius 3 is 1.46 bits per heavy atom. The molecule has 2 rings (SSSR count). The molecule has 0 aromatic carbocycles. The fraction of sp³-hybridized carbons (Fsp3) is 1.00. The lowest BCUT2D eigenvalue weighted by atomic mass is 9.99. The van der Waals surface area contributed by atoms with Crippen molar-refractivity contribution in [1.29, 1.82) is 0 Å². The van der Waals surface area contributed by atoms with E-state index in [4.69, 9.17) is 9.47 Å². The zero-order valence-electron chi connectivity index (χ0n) is 8.14. The van der Waals surface area contributed by atoms with Gasteiger partial charge in [-0.25, -0.2) is 4.39 Å². The molecule has 3 heteroatoms. The molecule has 1 aliphatic carbocycles. The summed E-state index contributed by atoms with van der Waals surface area (Å²) in [6, 6.07) is 0. The van der Waals surface area contributed by atoms with Crippen molar-refractivity contribution in [2.24, 2.45) is 0 Å². The van der Waals surface area contributed by atoms with Crippen molar-refractivity contribution in [3.05, 3.63) is 0 Å². The summed E-state index contributed by atoms with van der Waals surface area (Å²) < 4.78 is 22.1. The number of hydrogen-bond donors (Lipinski definition) is 0. The maximum atomic E-state index is 12.2. The SMILES string of the molecule is C1COCCO1.FC1CCCCC1. The van der Waals surface area contributed by atoms with Gasteiger partial charge < -0.3 is 9.47 Å². The fourth-order valence-electron chi connectivity index (χ4n) is 1.49. The van der Waals surface area contributed by atoms with Crippen molar-refractivity contribution in [2.75, 3.05) is 26.4 Å². The first-order valence-electron chi connectivity index (χ1n) is 5.19. The first kappa shape index (κ1) is 10.9. The van der Waals surface area contributed by atoms with Crippen LogP contribution in [0.1, 0.15) is 32.1 Å². The van der Waals surface area contributed by atoms with Crippen LogP contribution in [0, 0.1) is 0 Å². The fourth-order valence-corrected chi connectivity index (χ4v) is 1.49. The van der Waals surface area contributed by atoms with Crippen LogP contribution in [0.2, 0.25) is 0 Å². The van der Waals surface area contributed by atoms with Crippen molar-refractivity contribution >= 4 is 0 Å². The second kappa shape index (κ2) is 7.27. The molecule has 2 aliphatic rings. The maximum Gasteiger partial charge on any atom is 0.100 e. The van der Waals surface area contributed by atoms with Gasteiger partial charge in [-0.15, -0.1) is 0 Å². The van der Waals surface area contributed by atoms with E-state index in [1.807, 2.05) is 0 Å². The van der Waals surface area contributed by atoms with Gasteiger partial charge in [0, 0.05) is 0 Å². The molecule has 13 heavy (non-hydrogen) atoms. The highest BCUT2D eigenvalue weighted by Gasteiger charge is 2.09. The lowest BCUT2D eigenvalue weighted by Gasteiger charge is -2.12. The molecule has 0 spiro atoms. The first-order chi connectivity index (χ1) is 6.39. The van der Waals surface area contributed by atoms with Crippen LogP contribution < -0.4 is 0 Å². The van der Waals surface area contributed by atoms with E-state index >= 15 is 0 Å². The Hall–Kier alpha value is -0.150. The van der Waals surface area contributed by atoms with Crippen LogP contribution in [0.3, 0.4) is 0 Å². The number of halogens is 1. The molecule has 1 saturated carbocycles. The summed E-state index contributed by atoms with van der Waals surface area (Å²) in [4.78, 5) is 0. The quantitative estimate of drug-likeness (QED) is 0.583. The van der Waals surface area contributed by atoms with Gasteiger partial charge in [0.25, 0.3) is 0 Å². The minimum absolute atomic E-state index is 0.464. The summed E-state index contributed by atoms with van der Waals surface area (Å²) in [5, 5.41) is 0. The molecule has 0 aromatic rings.